The lowest BCUT2D eigenvalue weighted by molar-refractivity contribution is 0.122. The summed E-state index contributed by atoms with van der Waals surface area (Å²) in [6, 6.07) is 11.1. The SMILES string of the molecule is COc1ccc(S(=O)(=O)N/N=C\c2c(N3CCOCC3)nc3ccccn3c2=O)cc1. The first kappa shape index (κ1) is 20.8. The van der Waals surface area contributed by atoms with Crippen LogP contribution < -0.4 is 20.0 Å². The van der Waals surface area contributed by atoms with Crippen LogP contribution in [0.25, 0.3) is 5.65 Å². The smallest absolute Gasteiger partial charge is 0.276 e. The van der Waals surface area contributed by atoms with Crippen molar-refractivity contribution in [2.24, 2.45) is 5.10 Å². The van der Waals surface area contributed by atoms with Crippen molar-refractivity contribution in [3.63, 3.8) is 0 Å². The van der Waals surface area contributed by atoms with Crippen LogP contribution >= 0.6 is 0 Å². The number of aromatic nitrogens is 2. The van der Waals surface area contributed by atoms with E-state index in [4.69, 9.17) is 9.47 Å². The third-order valence-corrected chi connectivity index (χ3v) is 6.03. The van der Waals surface area contributed by atoms with Gasteiger partial charge in [0.1, 0.15) is 22.8 Å². The van der Waals surface area contributed by atoms with Gasteiger partial charge in [0.25, 0.3) is 15.6 Å². The van der Waals surface area contributed by atoms with Gasteiger partial charge in [0.05, 0.1) is 31.4 Å². The molecule has 162 valence electrons. The minimum absolute atomic E-state index is 0.0206. The van der Waals surface area contributed by atoms with Crippen molar-refractivity contribution in [3.8, 4) is 5.75 Å². The zero-order valence-corrected chi connectivity index (χ0v) is 17.6. The number of morpholine rings is 1. The minimum atomic E-state index is -3.91. The van der Waals surface area contributed by atoms with Gasteiger partial charge in [0.2, 0.25) is 0 Å². The Hall–Kier alpha value is -3.44. The van der Waals surface area contributed by atoms with E-state index in [2.05, 4.69) is 14.9 Å². The van der Waals surface area contributed by atoms with Crippen LogP contribution in [-0.2, 0) is 14.8 Å². The average molecular weight is 443 g/mol. The minimum Gasteiger partial charge on any atom is -0.497 e. The van der Waals surface area contributed by atoms with Crippen LogP contribution in [-0.4, -0.2) is 57.4 Å². The predicted octanol–water partition coefficient (Wildman–Crippen LogP) is 0.852. The van der Waals surface area contributed by atoms with Crippen LogP contribution in [0.4, 0.5) is 5.82 Å². The first-order valence-corrected chi connectivity index (χ1v) is 11.0. The van der Waals surface area contributed by atoms with E-state index in [1.165, 1.54) is 42.0 Å². The molecule has 2 aromatic heterocycles. The number of ether oxygens (including phenoxy) is 2. The van der Waals surface area contributed by atoms with E-state index >= 15 is 0 Å². The Labute approximate surface area is 178 Å². The summed E-state index contributed by atoms with van der Waals surface area (Å²) in [6.45, 7) is 2.15. The molecule has 0 saturated carbocycles. The number of hydrogen-bond donors (Lipinski definition) is 1. The van der Waals surface area contributed by atoms with Crippen LogP contribution in [0.5, 0.6) is 5.75 Å². The standard InChI is InChI=1S/C20H21N5O5S/c1-29-15-5-7-16(8-6-15)31(27,28)23-21-14-17-19(24-10-12-30-13-11-24)22-18-4-2-3-9-25(18)20(17)26/h2-9,14,23H,10-13H2,1H3/b21-14-. The summed E-state index contributed by atoms with van der Waals surface area (Å²) < 4.78 is 36.8. The van der Waals surface area contributed by atoms with Crippen LogP contribution in [0, 0.1) is 0 Å². The number of fused-ring (bicyclic) bond motifs is 1. The maximum Gasteiger partial charge on any atom is 0.276 e. The van der Waals surface area contributed by atoms with E-state index in [0.29, 0.717) is 43.5 Å². The van der Waals surface area contributed by atoms with Gasteiger partial charge in [0.15, 0.2) is 0 Å². The lowest BCUT2D eigenvalue weighted by Crippen LogP contribution is -2.39. The molecule has 0 amide bonds. The largest absolute Gasteiger partial charge is 0.497 e. The van der Waals surface area contributed by atoms with Gasteiger partial charge in [-0.3, -0.25) is 9.20 Å². The van der Waals surface area contributed by atoms with Crippen molar-refractivity contribution in [2.75, 3.05) is 38.3 Å². The molecule has 0 spiro atoms. The molecule has 0 unspecified atom stereocenters. The Morgan fingerprint density at radius 2 is 1.90 bits per heavy atom. The molecule has 1 N–H and O–H groups in total. The number of nitrogens with zero attached hydrogens (tertiary/aromatic N) is 4. The van der Waals surface area contributed by atoms with Gasteiger partial charge in [0, 0.05) is 19.3 Å². The third-order valence-electron chi connectivity index (χ3n) is 4.80. The van der Waals surface area contributed by atoms with Crippen molar-refractivity contribution in [1.29, 1.82) is 0 Å². The molecule has 31 heavy (non-hydrogen) atoms. The lowest BCUT2D eigenvalue weighted by atomic mass is 10.2. The lowest BCUT2D eigenvalue weighted by Gasteiger charge is -2.28. The summed E-state index contributed by atoms with van der Waals surface area (Å²) in [5.41, 5.74) is 0.326. The highest BCUT2D eigenvalue weighted by molar-refractivity contribution is 7.89. The number of rotatable bonds is 6. The van der Waals surface area contributed by atoms with E-state index in [1.807, 2.05) is 4.90 Å². The number of anilines is 1. The van der Waals surface area contributed by atoms with E-state index < -0.39 is 10.0 Å². The molecule has 4 rings (SSSR count). The molecule has 3 aromatic rings. The molecule has 10 nitrogen and oxygen atoms in total. The fraction of sp³-hybridized carbons (Fsp3) is 0.250. The maximum absolute atomic E-state index is 13.1. The zero-order valence-electron chi connectivity index (χ0n) is 16.8. The zero-order chi connectivity index (χ0) is 21.8. The first-order chi connectivity index (χ1) is 15.0. The fourth-order valence-corrected chi connectivity index (χ4v) is 3.98. The van der Waals surface area contributed by atoms with Gasteiger partial charge >= 0.3 is 0 Å². The summed E-state index contributed by atoms with van der Waals surface area (Å²) in [5, 5.41) is 3.85. The Kier molecular flexibility index (Phi) is 5.87. The molecule has 11 heteroatoms. The molecule has 0 atom stereocenters. The van der Waals surface area contributed by atoms with Crippen molar-refractivity contribution in [1.82, 2.24) is 14.2 Å². The van der Waals surface area contributed by atoms with Gasteiger partial charge in [-0.2, -0.15) is 13.5 Å². The summed E-state index contributed by atoms with van der Waals surface area (Å²) in [6.07, 6.45) is 2.80. The van der Waals surface area contributed by atoms with Gasteiger partial charge in [-0.1, -0.05) is 6.07 Å². The topological polar surface area (TPSA) is 115 Å². The molecule has 0 radical (unpaired) electrons. The van der Waals surface area contributed by atoms with Crippen molar-refractivity contribution < 1.29 is 17.9 Å². The van der Waals surface area contributed by atoms with Crippen LogP contribution in [0.3, 0.4) is 0 Å². The van der Waals surface area contributed by atoms with E-state index in [1.54, 1.807) is 24.4 Å². The predicted molar refractivity (Wildman–Crippen MR) is 115 cm³/mol. The number of benzene rings is 1. The number of sulfonamides is 1. The van der Waals surface area contributed by atoms with Crippen molar-refractivity contribution >= 4 is 27.7 Å². The summed E-state index contributed by atoms with van der Waals surface area (Å²) in [5.74, 6) is 0.972. The molecule has 0 aliphatic carbocycles. The van der Waals surface area contributed by atoms with E-state index in [0.717, 1.165) is 0 Å². The number of nitrogens with one attached hydrogen (secondary N) is 1. The molecule has 0 bridgehead atoms. The molecule has 3 heterocycles. The summed E-state index contributed by atoms with van der Waals surface area (Å²) in [7, 11) is -2.42. The Bertz CT molecular complexity index is 1270. The molecule has 1 saturated heterocycles. The molecule has 1 aliphatic rings. The second kappa shape index (κ2) is 8.74. The molecular formula is C20H21N5O5S. The van der Waals surface area contributed by atoms with Crippen LogP contribution in [0.15, 0.2) is 63.5 Å². The first-order valence-electron chi connectivity index (χ1n) is 9.52. The number of pyridine rings is 1. The Morgan fingerprint density at radius 1 is 1.16 bits per heavy atom. The number of hydrazone groups is 1. The monoisotopic (exact) mass is 443 g/mol. The third kappa shape index (κ3) is 4.37. The number of methoxy groups -OCH3 is 1. The van der Waals surface area contributed by atoms with E-state index in [-0.39, 0.29) is 16.0 Å². The van der Waals surface area contributed by atoms with Crippen molar-refractivity contribution in [3.05, 3.63) is 64.6 Å². The fourth-order valence-electron chi connectivity index (χ4n) is 3.19. The highest BCUT2D eigenvalue weighted by Gasteiger charge is 2.20. The molecular weight excluding hydrogens is 422 g/mol. The maximum atomic E-state index is 13.1. The summed E-state index contributed by atoms with van der Waals surface area (Å²) >= 11 is 0. The van der Waals surface area contributed by atoms with Gasteiger partial charge in [-0.15, -0.1) is 0 Å². The molecule has 1 aromatic carbocycles. The quantitative estimate of drug-likeness (QED) is 0.444. The molecule has 1 aliphatic heterocycles. The van der Waals surface area contributed by atoms with Crippen LogP contribution in [0.1, 0.15) is 5.56 Å². The number of hydrogen-bond acceptors (Lipinski definition) is 8. The Balaban J connectivity index is 1.68. The van der Waals surface area contributed by atoms with Crippen LogP contribution in [0.2, 0.25) is 0 Å². The second-order valence-electron chi connectivity index (χ2n) is 6.71. The average Bonchev–Trinajstić information content (AvgIpc) is 2.81. The highest BCUT2D eigenvalue weighted by Crippen LogP contribution is 2.17. The normalized spacial score (nSPS) is 14.8. The molecule has 1 fully saturated rings. The summed E-state index contributed by atoms with van der Waals surface area (Å²) in [4.78, 5) is 21.8. The van der Waals surface area contributed by atoms with E-state index in [9.17, 15) is 13.2 Å². The highest BCUT2D eigenvalue weighted by atomic mass is 32.2. The van der Waals surface area contributed by atoms with Crippen molar-refractivity contribution in [2.45, 2.75) is 4.90 Å². The van der Waals surface area contributed by atoms with Gasteiger partial charge < -0.3 is 14.4 Å². The van der Waals surface area contributed by atoms with Gasteiger partial charge in [-0.25, -0.2) is 9.82 Å². The Morgan fingerprint density at radius 3 is 2.61 bits per heavy atom. The van der Waals surface area contributed by atoms with Gasteiger partial charge in [-0.05, 0) is 36.4 Å². The second-order valence-corrected chi connectivity index (χ2v) is 8.37.